The second-order valence-corrected chi connectivity index (χ2v) is 7.02. The maximum absolute atomic E-state index is 12.7. The van der Waals surface area contributed by atoms with E-state index in [1.54, 1.807) is 12.1 Å². The van der Waals surface area contributed by atoms with Crippen molar-refractivity contribution >= 4 is 40.5 Å². The number of nitrogens with zero attached hydrogens (tertiary/aromatic N) is 3. The van der Waals surface area contributed by atoms with Gasteiger partial charge in [0.2, 0.25) is 5.91 Å². The van der Waals surface area contributed by atoms with Crippen LogP contribution in [0, 0.1) is 10.1 Å². The molecule has 2 aromatic rings. The molecule has 0 unspecified atom stereocenters. The van der Waals surface area contributed by atoms with Gasteiger partial charge in [-0.2, -0.15) is 0 Å². The third-order valence-corrected chi connectivity index (χ3v) is 5.16. The second-order valence-electron chi connectivity index (χ2n) is 6.61. The average Bonchev–Trinajstić information content (AvgIpc) is 2.73. The molecule has 0 bridgehead atoms. The minimum Gasteiger partial charge on any atom is -0.366 e. The molecule has 0 aliphatic carbocycles. The van der Waals surface area contributed by atoms with Crippen LogP contribution in [0.3, 0.4) is 0 Å². The van der Waals surface area contributed by atoms with Crippen molar-refractivity contribution < 1.29 is 14.5 Å². The van der Waals surface area contributed by atoms with E-state index in [2.05, 4.69) is 10.2 Å². The van der Waals surface area contributed by atoms with Gasteiger partial charge in [-0.25, -0.2) is 0 Å². The molecule has 0 radical (unpaired) electrons. The number of piperazine rings is 1. The molecule has 0 aromatic heterocycles. The van der Waals surface area contributed by atoms with E-state index in [0.29, 0.717) is 38.3 Å². The van der Waals surface area contributed by atoms with Gasteiger partial charge in [0.25, 0.3) is 11.6 Å². The monoisotopic (exact) mass is 416 g/mol. The first kappa shape index (κ1) is 20.6. The highest BCUT2D eigenvalue weighted by Gasteiger charge is 2.23. The van der Waals surface area contributed by atoms with Crippen LogP contribution in [0.2, 0.25) is 5.02 Å². The number of amides is 2. The molecule has 1 N–H and O–H groups in total. The van der Waals surface area contributed by atoms with E-state index in [4.69, 9.17) is 11.6 Å². The summed E-state index contributed by atoms with van der Waals surface area (Å²) in [7, 11) is 0. The first-order valence-electron chi connectivity index (χ1n) is 9.27. The number of nitro benzene ring substituents is 1. The highest BCUT2D eigenvalue weighted by Crippen LogP contribution is 2.29. The van der Waals surface area contributed by atoms with Gasteiger partial charge in [0.1, 0.15) is 0 Å². The fraction of sp³-hybridized carbons (Fsp3) is 0.300. The maximum Gasteiger partial charge on any atom is 0.270 e. The lowest BCUT2D eigenvalue weighted by atomic mass is 10.1. The predicted molar refractivity (Wildman–Crippen MR) is 112 cm³/mol. The van der Waals surface area contributed by atoms with Crippen LogP contribution in [-0.4, -0.2) is 47.8 Å². The molecule has 1 heterocycles. The minimum absolute atomic E-state index is 0.0361. The van der Waals surface area contributed by atoms with E-state index >= 15 is 0 Å². The molecule has 1 aliphatic heterocycles. The van der Waals surface area contributed by atoms with Crippen molar-refractivity contribution in [2.75, 3.05) is 36.4 Å². The highest BCUT2D eigenvalue weighted by molar-refractivity contribution is 6.34. The number of carbonyl (C=O) groups is 2. The number of nitro groups is 1. The smallest absolute Gasteiger partial charge is 0.270 e. The van der Waals surface area contributed by atoms with E-state index in [0.717, 1.165) is 11.8 Å². The zero-order valence-electron chi connectivity index (χ0n) is 15.9. The van der Waals surface area contributed by atoms with Gasteiger partial charge in [0, 0.05) is 44.7 Å². The number of hydrogen-bond acceptors (Lipinski definition) is 5. The largest absolute Gasteiger partial charge is 0.366 e. The lowest BCUT2D eigenvalue weighted by Gasteiger charge is -2.36. The minimum atomic E-state index is -0.571. The summed E-state index contributed by atoms with van der Waals surface area (Å²) < 4.78 is 0. The Morgan fingerprint density at radius 1 is 1.14 bits per heavy atom. The Morgan fingerprint density at radius 2 is 1.83 bits per heavy atom. The zero-order valence-corrected chi connectivity index (χ0v) is 16.7. The van der Waals surface area contributed by atoms with Crippen molar-refractivity contribution in [1.82, 2.24) is 4.90 Å². The lowest BCUT2D eigenvalue weighted by Crippen LogP contribution is -2.48. The molecule has 1 fully saturated rings. The molecule has 1 aliphatic rings. The Bertz CT molecular complexity index is 942. The molecule has 2 aromatic carbocycles. The molecular weight excluding hydrogens is 396 g/mol. The number of halogens is 1. The van der Waals surface area contributed by atoms with E-state index < -0.39 is 10.8 Å². The molecule has 29 heavy (non-hydrogen) atoms. The first-order valence-corrected chi connectivity index (χ1v) is 9.65. The SMILES string of the molecule is CCC(=O)N1CCN(c2ccccc2NC(=O)c2cc([N+](=O)[O-])ccc2Cl)CC1. The Labute approximate surface area is 173 Å². The topological polar surface area (TPSA) is 95.8 Å². The van der Waals surface area contributed by atoms with Gasteiger partial charge >= 0.3 is 0 Å². The zero-order chi connectivity index (χ0) is 21.0. The summed E-state index contributed by atoms with van der Waals surface area (Å²) in [6, 6.07) is 11.1. The fourth-order valence-corrected chi connectivity index (χ4v) is 3.47. The van der Waals surface area contributed by atoms with Gasteiger partial charge < -0.3 is 15.1 Å². The van der Waals surface area contributed by atoms with Gasteiger partial charge in [0.05, 0.1) is 26.9 Å². The van der Waals surface area contributed by atoms with Gasteiger partial charge in [-0.1, -0.05) is 30.7 Å². The Kier molecular flexibility index (Phi) is 6.33. The van der Waals surface area contributed by atoms with Crippen LogP contribution >= 0.6 is 11.6 Å². The summed E-state index contributed by atoms with van der Waals surface area (Å²) in [4.78, 5) is 39.0. The Balaban J connectivity index is 1.78. The number of rotatable bonds is 5. The van der Waals surface area contributed by atoms with Crippen molar-refractivity contribution in [1.29, 1.82) is 0 Å². The van der Waals surface area contributed by atoms with E-state index in [1.165, 1.54) is 12.1 Å². The van der Waals surface area contributed by atoms with Crippen LogP contribution in [0.5, 0.6) is 0 Å². The number of carbonyl (C=O) groups excluding carboxylic acids is 2. The standard InChI is InChI=1S/C20H21ClN4O4/c1-2-19(26)24-11-9-23(10-12-24)18-6-4-3-5-17(18)22-20(27)15-13-14(25(28)29)7-8-16(15)21/h3-8,13H,2,9-12H2,1H3,(H,22,27). The second kappa shape index (κ2) is 8.91. The summed E-state index contributed by atoms with van der Waals surface area (Å²) in [6.45, 7) is 4.38. The molecule has 1 saturated heterocycles. The third-order valence-electron chi connectivity index (χ3n) is 4.83. The van der Waals surface area contributed by atoms with E-state index in [1.807, 2.05) is 24.0 Å². The average molecular weight is 417 g/mol. The molecule has 3 rings (SSSR count). The highest BCUT2D eigenvalue weighted by atomic mass is 35.5. The number of para-hydroxylation sites is 2. The summed E-state index contributed by atoms with van der Waals surface area (Å²) in [5.74, 6) is -0.391. The number of benzene rings is 2. The normalized spacial score (nSPS) is 13.9. The maximum atomic E-state index is 12.7. The molecular formula is C20H21ClN4O4. The van der Waals surface area contributed by atoms with Gasteiger partial charge in [0.15, 0.2) is 0 Å². The summed E-state index contributed by atoms with van der Waals surface area (Å²) in [5.41, 5.74) is 1.24. The Hall–Kier alpha value is -3.13. The molecule has 8 nitrogen and oxygen atoms in total. The first-order chi connectivity index (χ1) is 13.9. The van der Waals surface area contributed by atoms with Crippen LogP contribution in [0.1, 0.15) is 23.7 Å². The number of non-ortho nitro benzene ring substituents is 1. The number of hydrogen-bond donors (Lipinski definition) is 1. The summed E-state index contributed by atoms with van der Waals surface area (Å²) in [5, 5.41) is 13.9. The van der Waals surface area contributed by atoms with Gasteiger partial charge in [-0.15, -0.1) is 0 Å². The number of nitrogens with one attached hydrogen (secondary N) is 1. The summed E-state index contributed by atoms with van der Waals surface area (Å²) in [6.07, 6.45) is 0.483. The molecule has 152 valence electrons. The van der Waals surface area contributed by atoms with E-state index in [-0.39, 0.29) is 22.2 Å². The van der Waals surface area contributed by atoms with Crippen LogP contribution in [0.4, 0.5) is 17.1 Å². The van der Waals surface area contributed by atoms with Crippen LogP contribution in [0.25, 0.3) is 0 Å². The van der Waals surface area contributed by atoms with Crippen molar-refractivity contribution in [3.05, 3.63) is 63.2 Å². The molecule has 0 atom stereocenters. The van der Waals surface area contributed by atoms with E-state index in [9.17, 15) is 19.7 Å². The molecule has 9 heteroatoms. The fourth-order valence-electron chi connectivity index (χ4n) is 3.27. The van der Waals surface area contributed by atoms with Gasteiger partial charge in [-0.3, -0.25) is 19.7 Å². The van der Waals surface area contributed by atoms with Crippen molar-refractivity contribution in [3.8, 4) is 0 Å². The van der Waals surface area contributed by atoms with Crippen molar-refractivity contribution in [3.63, 3.8) is 0 Å². The molecule has 0 saturated carbocycles. The van der Waals surface area contributed by atoms with Crippen molar-refractivity contribution in [2.24, 2.45) is 0 Å². The quantitative estimate of drug-likeness (QED) is 0.593. The van der Waals surface area contributed by atoms with Crippen LogP contribution in [-0.2, 0) is 4.79 Å². The lowest BCUT2D eigenvalue weighted by molar-refractivity contribution is -0.384. The predicted octanol–water partition coefficient (Wildman–Crippen LogP) is 3.56. The van der Waals surface area contributed by atoms with Gasteiger partial charge in [-0.05, 0) is 18.2 Å². The van der Waals surface area contributed by atoms with Crippen molar-refractivity contribution in [2.45, 2.75) is 13.3 Å². The molecule has 2 amide bonds. The summed E-state index contributed by atoms with van der Waals surface area (Å²) >= 11 is 6.08. The molecule has 0 spiro atoms. The van der Waals surface area contributed by atoms with Crippen LogP contribution in [0.15, 0.2) is 42.5 Å². The van der Waals surface area contributed by atoms with Crippen LogP contribution < -0.4 is 10.2 Å². The Morgan fingerprint density at radius 3 is 2.48 bits per heavy atom. The number of anilines is 2. The third kappa shape index (κ3) is 4.65.